The van der Waals surface area contributed by atoms with E-state index in [1.54, 1.807) is 24.3 Å². The summed E-state index contributed by atoms with van der Waals surface area (Å²) in [6, 6.07) is 9.25. The molecule has 17 heavy (non-hydrogen) atoms. The van der Waals surface area contributed by atoms with Crippen molar-refractivity contribution in [3.63, 3.8) is 0 Å². The fraction of sp³-hybridized carbons (Fsp3) is 0.385. The quantitative estimate of drug-likeness (QED) is 0.813. The van der Waals surface area contributed by atoms with Crippen LogP contribution in [-0.2, 0) is 4.79 Å². The molecular formula is C13H17N3O. The van der Waals surface area contributed by atoms with Crippen LogP contribution in [0.3, 0.4) is 0 Å². The molecule has 1 amide bonds. The van der Waals surface area contributed by atoms with Gasteiger partial charge in [-0.1, -0.05) is 6.92 Å². The van der Waals surface area contributed by atoms with E-state index in [4.69, 9.17) is 5.26 Å². The number of rotatable bonds is 5. The minimum Gasteiger partial charge on any atom is -0.376 e. The molecule has 0 aliphatic rings. The molecule has 4 nitrogen and oxygen atoms in total. The van der Waals surface area contributed by atoms with Crippen molar-refractivity contribution in [1.29, 1.82) is 5.26 Å². The molecule has 0 saturated carbocycles. The van der Waals surface area contributed by atoms with Crippen LogP contribution in [0.1, 0.15) is 25.8 Å². The van der Waals surface area contributed by atoms with Gasteiger partial charge in [-0.3, -0.25) is 4.79 Å². The van der Waals surface area contributed by atoms with Gasteiger partial charge in [0.05, 0.1) is 18.2 Å². The molecule has 1 rings (SSSR count). The molecule has 0 aliphatic carbocycles. The third-order valence-electron chi connectivity index (χ3n) is 2.49. The van der Waals surface area contributed by atoms with Crippen LogP contribution in [0.4, 0.5) is 5.69 Å². The Hall–Kier alpha value is -2.02. The Morgan fingerprint density at radius 2 is 2.06 bits per heavy atom. The summed E-state index contributed by atoms with van der Waals surface area (Å²) in [5.74, 6) is -0.0243. The Morgan fingerprint density at radius 3 is 2.59 bits per heavy atom. The van der Waals surface area contributed by atoms with E-state index >= 15 is 0 Å². The maximum Gasteiger partial charge on any atom is 0.239 e. The number of benzene rings is 1. The molecule has 0 saturated heterocycles. The zero-order valence-corrected chi connectivity index (χ0v) is 10.2. The van der Waals surface area contributed by atoms with Crippen LogP contribution in [0.2, 0.25) is 0 Å². The van der Waals surface area contributed by atoms with Gasteiger partial charge in [0.1, 0.15) is 0 Å². The summed E-state index contributed by atoms with van der Waals surface area (Å²) >= 11 is 0. The van der Waals surface area contributed by atoms with E-state index < -0.39 is 0 Å². The van der Waals surface area contributed by atoms with Gasteiger partial charge in [0.2, 0.25) is 5.91 Å². The molecule has 2 N–H and O–H groups in total. The van der Waals surface area contributed by atoms with Crippen LogP contribution < -0.4 is 10.6 Å². The number of carbonyl (C=O) groups excluding carboxylic acids is 1. The van der Waals surface area contributed by atoms with E-state index in [1.165, 1.54) is 0 Å². The van der Waals surface area contributed by atoms with Crippen LogP contribution in [0.15, 0.2) is 24.3 Å². The lowest BCUT2D eigenvalue weighted by atomic mass is 10.2. The highest BCUT2D eigenvalue weighted by Crippen LogP contribution is 2.07. The van der Waals surface area contributed by atoms with Crippen LogP contribution in [0, 0.1) is 11.3 Å². The highest BCUT2D eigenvalue weighted by Gasteiger charge is 2.04. The van der Waals surface area contributed by atoms with Crippen molar-refractivity contribution in [3.05, 3.63) is 29.8 Å². The maximum atomic E-state index is 11.5. The summed E-state index contributed by atoms with van der Waals surface area (Å²) in [6.07, 6.45) is 0.919. The second-order valence-corrected chi connectivity index (χ2v) is 3.92. The van der Waals surface area contributed by atoms with Crippen molar-refractivity contribution in [1.82, 2.24) is 5.32 Å². The summed E-state index contributed by atoms with van der Waals surface area (Å²) < 4.78 is 0. The number of amides is 1. The normalized spacial score (nSPS) is 11.4. The average molecular weight is 231 g/mol. The molecule has 0 bridgehead atoms. The molecule has 1 aromatic rings. The molecule has 90 valence electrons. The van der Waals surface area contributed by atoms with Crippen LogP contribution >= 0.6 is 0 Å². The molecule has 0 heterocycles. The van der Waals surface area contributed by atoms with Gasteiger partial charge in [0.15, 0.2) is 0 Å². The average Bonchev–Trinajstić information content (AvgIpc) is 2.36. The lowest BCUT2D eigenvalue weighted by molar-refractivity contribution is -0.120. The van der Waals surface area contributed by atoms with Crippen molar-refractivity contribution in [2.24, 2.45) is 0 Å². The largest absolute Gasteiger partial charge is 0.376 e. The molecule has 0 radical (unpaired) electrons. The first kappa shape index (κ1) is 13.0. The van der Waals surface area contributed by atoms with Gasteiger partial charge < -0.3 is 10.6 Å². The van der Waals surface area contributed by atoms with Gasteiger partial charge in [0, 0.05) is 11.7 Å². The predicted octanol–water partition coefficient (Wildman–Crippen LogP) is 1.88. The zero-order valence-electron chi connectivity index (χ0n) is 10.2. The number of anilines is 1. The molecule has 1 unspecified atom stereocenters. The standard InChI is InChI=1S/C13H17N3O/c1-3-10(2)16-13(17)9-15-12-6-4-11(8-14)5-7-12/h4-7,10,15H,3,9H2,1-2H3,(H,16,17). The predicted molar refractivity (Wildman–Crippen MR) is 67.5 cm³/mol. The molecule has 4 heteroatoms. The van der Waals surface area contributed by atoms with Crippen LogP contribution in [-0.4, -0.2) is 18.5 Å². The molecule has 0 aliphatic heterocycles. The van der Waals surface area contributed by atoms with Crippen molar-refractivity contribution in [2.75, 3.05) is 11.9 Å². The van der Waals surface area contributed by atoms with E-state index in [9.17, 15) is 4.79 Å². The van der Waals surface area contributed by atoms with Gasteiger partial charge in [0.25, 0.3) is 0 Å². The van der Waals surface area contributed by atoms with Crippen molar-refractivity contribution >= 4 is 11.6 Å². The Kier molecular flexibility index (Phi) is 5.02. The first-order valence-electron chi connectivity index (χ1n) is 5.69. The third-order valence-corrected chi connectivity index (χ3v) is 2.49. The summed E-state index contributed by atoms with van der Waals surface area (Å²) in [4.78, 5) is 11.5. The van der Waals surface area contributed by atoms with E-state index in [2.05, 4.69) is 10.6 Å². The fourth-order valence-corrected chi connectivity index (χ4v) is 1.27. The number of nitrogens with one attached hydrogen (secondary N) is 2. The highest BCUT2D eigenvalue weighted by atomic mass is 16.1. The van der Waals surface area contributed by atoms with E-state index in [0.29, 0.717) is 5.56 Å². The van der Waals surface area contributed by atoms with E-state index in [1.807, 2.05) is 19.9 Å². The Balaban J connectivity index is 2.40. The van der Waals surface area contributed by atoms with E-state index in [-0.39, 0.29) is 18.5 Å². The maximum absolute atomic E-state index is 11.5. The van der Waals surface area contributed by atoms with Crippen LogP contribution in [0.5, 0.6) is 0 Å². The van der Waals surface area contributed by atoms with Crippen molar-refractivity contribution in [3.8, 4) is 6.07 Å². The van der Waals surface area contributed by atoms with Gasteiger partial charge in [-0.2, -0.15) is 5.26 Å². The summed E-state index contributed by atoms with van der Waals surface area (Å²) in [7, 11) is 0. The third kappa shape index (κ3) is 4.56. The van der Waals surface area contributed by atoms with E-state index in [0.717, 1.165) is 12.1 Å². The van der Waals surface area contributed by atoms with Crippen LogP contribution in [0.25, 0.3) is 0 Å². The molecule has 0 fully saturated rings. The summed E-state index contributed by atoms with van der Waals surface area (Å²) in [5.41, 5.74) is 1.45. The lowest BCUT2D eigenvalue weighted by Gasteiger charge is -2.12. The first-order chi connectivity index (χ1) is 8.15. The Morgan fingerprint density at radius 1 is 1.41 bits per heavy atom. The molecule has 0 spiro atoms. The number of hydrogen-bond acceptors (Lipinski definition) is 3. The Labute approximate surface area is 102 Å². The summed E-state index contributed by atoms with van der Waals surface area (Å²) in [5, 5.41) is 14.5. The fourth-order valence-electron chi connectivity index (χ4n) is 1.27. The van der Waals surface area contributed by atoms with Gasteiger partial charge in [-0.05, 0) is 37.6 Å². The highest BCUT2D eigenvalue weighted by molar-refractivity contribution is 5.80. The number of hydrogen-bond donors (Lipinski definition) is 2. The minimum atomic E-state index is -0.0243. The number of nitrogens with zero attached hydrogens (tertiary/aromatic N) is 1. The van der Waals surface area contributed by atoms with Crippen molar-refractivity contribution in [2.45, 2.75) is 26.3 Å². The number of carbonyl (C=O) groups is 1. The monoisotopic (exact) mass is 231 g/mol. The van der Waals surface area contributed by atoms with Crippen molar-refractivity contribution < 1.29 is 4.79 Å². The number of nitriles is 1. The molecule has 1 aromatic carbocycles. The second kappa shape index (κ2) is 6.54. The minimum absolute atomic E-state index is 0.0243. The second-order valence-electron chi connectivity index (χ2n) is 3.92. The van der Waals surface area contributed by atoms with Gasteiger partial charge in [-0.25, -0.2) is 0 Å². The SMILES string of the molecule is CCC(C)NC(=O)CNc1ccc(C#N)cc1. The smallest absolute Gasteiger partial charge is 0.239 e. The Bertz CT molecular complexity index is 406. The molecule has 1 atom stereocenters. The topological polar surface area (TPSA) is 64.9 Å². The van der Waals surface area contributed by atoms with Gasteiger partial charge >= 0.3 is 0 Å². The lowest BCUT2D eigenvalue weighted by Crippen LogP contribution is -2.36. The molecular weight excluding hydrogens is 214 g/mol. The summed E-state index contributed by atoms with van der Waals surface area (Å²) in [6.45, 7) is 4.24. The van der Waals surface area contributed by atoms with Gasteiger partial charge in [-0.15, -0.1) is 0 Å². The molecule has 0 aromatic heterocycles. The first-order valence-corrected chi connectivity index (χ1v) is 5.69. The zero-order chi connectivity index (χ0) is 12.7.